The third-order valence-electron chi connectivity index (χ3n) is 1.42. The minimum atomic E-state index is -3.08. The van der Waals surface area contributed by atoms with Crippen molar-refractivity contribution >= 4 is 22.5 Å². The predicted molar refractivity (Wildman–Crippen MR) is 53.8 cm³/mol. The lowest BCUT2D eigenvalue weighted by atomic mass is 10.4. The molecule has 0 saturated carbocycles. The van der Waals surface area contributed by atoms with Gasteiger partial charge in [-0.2, -0.15) is 22.2 Å². The van der Waals surface area contributed by atoms with Gasteiger partial charge in [0.15, 0.2) is 0 Å². The van der Waals surface area contributed by atoms with Crippen LogP contribution in [0.2, 0.25) is 0 Å². The molecule has 0 aromatic carbocycles. The van der Waals surface area contributed by atoms with Crippen molar-refractivity contribution in [1.82, 2.24) is 9.97 Å². The van der Waals surface area contributed by atoms with Gasteiger partial charge < -0.3 is 4.74 Å². The molecule has 18 heavy (non-hydrogen) atoms. The minimum absolute atomic E-state index is 0.235. The molecule has 0 fully saturated rings. The largest absolute Gasteiger partial charge is 0.417 e. The highest BCUT2D eigenvalue weighted by Crippen LogP contribution is 2.14. The second-order valence-corrected chi connectivity index (χ2v) is 3.41. The number of halogens is 2. The van der Waals surface area contributed by atoms with E-state index in [1.54, 1.807) is 0 Å². The third kappa shape index (κ3) is 4.78. The van der Waals surface area contributed by atoms with Crippen molar-refractivity contribution in [2.75, 3.05) is 5.32 Å². The van der Waals surface area contributed by atoms with Crippen molar-refractivity contribution in [3.8, 4) is 5.88 Å². The Labute approximate surface area is 101 Å². The highest BCUT2D eigenvalue weighted by Gasteiger charge is 2.10. The average molecular weight is 280 g/mol. The van der Waals surface area contributed by atoms with Gasteiger partial charge in [-0.05, 0) is 6.92 Å². The normalized spacial score (nSPS) is 10.0. The zero-order chi connectivity index (χ0) is 13.7. The van der Waals surface area contributed by atoms with Gasteiger partial charge in [0.2, 0.25) is 11.8 Å². The number of ether oxygens (including phenoxy) is 1. The molecule has 8 nitrogen and oxygen atoms in total. The van der Waals surface area contributed by atoms with Crippen LogP contribution in [0, 0.1) is 6.92 Å². The zero-order valence-electron chi connectivity index (χ0n) is 8.79. The Bertz CT molecular complexity index is 581. The molecule has 98 valence electrons. The summed E-state index contributed by atoms with van der Waals surface area (Å²) in [6, 6.07) is -0.137. The van der Waals surface area contributed by atoms with Crippen LogP contribution in [-0.2, 0) is 10.5 Å². The smallest absolute Gasteiger partial charge is 0.388 e. The summed E-state index contributed by atoms with van der Waals surface area (Å²) in [6.07, 6.45) is 0. The number of rotatable bonds is 3. The molecule has 0 aliphatic rings. The molecule has 1 heterocycles. The molecule has 2 amide bonds. The number of aromatic nitrogens is 2. The molecule has 1 rings (SSSR count). The lowest BCUT2D eigenvalue weighted by molar-refractivity contribution is -0.0528. The summed E-state index contributed by atoms with van der Waals surface area (Å²) < 4.78 is 50.7. The van der Waals surface area contributed by atoms with E-state index in [-0.39, 0.29) is 5.69 Å². The van der Waals surface area contributed by atoms with Crippen molar-refractivity contribution in [1.29, 1.82) is 0 Å². The summed E-state index contributed by atoms with van der Waals surface area (Å²) in [5, 5.41) is 1.88. The van der Waals surface area contributed by atoms with Crippen molar-refractivity contribution in [3.05, 3.63) is 11.8 Å². The van der Waals surface area contributed by atoms with Crippen LogP contribution in [0.25, 0.3) is 0 Å². The number of hydrogen-bond acceptors (Lipinski definition) is 6. The molecule has 0 atom stereocenters. The SMILES string of the molecule is Cc1cc(OC(F)F)nc(NC(=O)N=S(=O)=O)n1. The molecule has 0 aliphatic heterocycles. The van der Waals surface area contributed by atoms with Crippen molar-refractivity contribution in [3.63, 3.8) is 0 Å². The van der Waals surface area contributed by atoms with Gasteiger partial charge in [-0.25, -0.2) is 9.78 Å². The van der Waals surface area contributed by atoms with E-state index in [1.165, 1.54) is 6.92 Å². The first-order valence-electron chi connectivity index (χ1n) is 4.29. The highest BCUT2D eigenvalue weighted by molar-refractivity contribution is 7.62. The first kappa shape index (κ1) is 13.9. The molecular formula is C7H6F2N4O4S. The Morgan fingerprint density at radius 1 is 1.50 bits per heavy atom. The fourth-order valence-corrected chi connectivity index (χ4v) is 1.11. The highest BCUT2D eigenvalue weighted by atomic mass is 32.2. The molecule has 1 aromatic heterocycles. The maximum absolute atomic E-state index is 11.9. The van der Waals surface area contributed by atoms with E-state index in [0.717, 1.165) is 6.07 Å². The molecule has 1 aromatic rings. The summed E-state index contributed by atoms with van der Waals surface area (Å²) >= 11 is 0. The van der Waals surface area contributed by atoms with Crippen LogP contribution in [0.15, 0.2) is 10.4 Å². The van der Waals surface area contributed by atoms with Crippen molar-refractivity contribution in [2.45, 2.75) is 13.5 Å². The van der Waals surface area contributed by atoms with Crippen LogP contribution in [0.5, 0.6) is 5.88 Å². The molecule has 0 unspecified atom stereocenters. The molecule has 1 N–H and O–H groups in total. The Morgan fingerprint density at radius 3 is 2.72 bits per heavy atom. The Kier molecular flexibility index (Phi) is 4.59. The van der Waals surface area contributed by atoms with Crippen LogP contribution < -0.4 is 10.1 Å². The monoisotopic (exact) mass is 280 g/mol. The molecule has 0 saturated heterocycles. The number of nitrogens with one attached hydrogen (secondary N) is 1. The van der Waals surface area contributed by atoms with E-state index in [4.69, 9.17) is 0 Å². The molecule has 11 heteroatoms. The van der Waals surface area contributed by atoms with Crippen molar-refractivity contribution < 1.29 is 26.7 Å². The molecule has 0 bridgehead atoms. The number of alkyl halides is 2. The number of carbonyl (C=O) groups excluding carboxylic acids is 1. The van der Waals surface area contributed by atoms with E-state index < -0.39 is 35.0 Å². The molecule has 0 aliphatic carbocycles. The summed E-state index contributed by atoms with van der Waals surface area (Å²) in [6.45, 7) is -1.64. The van der Waals surface area contributed by atoms with E-state index in [1.807, 2.05) is 5.32 Å². The first-order chi connectivity index (χ1) is 8.36. The number of hydrogen-bond donors (Lipinski definition) is 1. The van der Waals surface area contributed by atoms with Gasteiger partial charge in [0.05, 0.1) is 0 Å². The Morgan fingerprint density at radius 2 is 2.17 bits per heavy atom. The topological polar surface area (TPSA) is 111 Å². The fourth-order valence-electron chi connectivity index (χ4n) is 0.933. The first-order valence-corrected chi connectivity index (χ1v) is 5.32. The Hall–Kier alpha value is -2.17. The maximum atomic E-state index is 11.9. The van der Waals surface area contributed by atoms with Gasteiger partial charge in [-0.15, -0.1) is 0 Å². The number of carbonyl (C=O) groups is 1. The molecule has 0 spiro atoms. The van der Waals surface area contributed by atoms with E-state index >= 15 is 0 Å². The zero-order valence-corrected chi connectivity index (χ0v) is 9.61. The number of urea groups is 1. The molecular weight excluding hydrogens is 274 g/mol. The van der Waals surface area contributed by atoms with Crippen LogP contribution in [0.3, 0.4) is 0 Å². The second kappa shape index (κ2) is 5.95. The van der Waals surface area contributed by atoms with Crippen molar-refractivity contribution in [2.24, 2.45) is 4.36 Å². The van der Waals surface area contributed by atoms with Gasteiger partial charge in [-0.1, -0.05) is 4.36 Å². The lowest BCUT2D eigenvalue weighted by Crippen LogP contribution is -2.11. The number of nitrogens with zero attached hydrogens (tertiary/aromatic N) is 3. The lowest BCUT2D eigenvalue weighted by Gasteiger charge is -2.06. The van der Waals surface area contributed by atoms with Crippen LogP contribution in [-0.4, -0.2) is 31.0 Å². The number of amides is 2. The second-order valence-electron chi connectivity index (χ2n) is 2.79. The maximum Gasteiger partial charge on any atom is 0.388 e. The summed E-state index contributed by atoms with van der Waals surface area (Å²) in [4.78, 5) is 18.0. The quantitative estimate of drug-likeness (QED) is 0.883. The third-order valence-corrected chi connectivity index (χ3v) is 1.73. The summed E-state index contributed by atoms with van der Waals surface area (Å²) in [5.41, 5.74) is 0.235. The summed E-state index contributed by atoms with van der Waals surface area (Å²) in [7, 11) is -2.93. The fraction of sp³-hybridized carbons (Fsp3) is 0.286. The van der Waals surface area contributed by atoms with Gasteiger partial charge in [-0.3, -0.25) is 5.32 Å². The van der Waals surface area contributed by atoms with Crippen LogP contribution in [0.4, 0.5) is 19.5 Å². The predicted octanol–water partition coefficient (Wildman–Crippen LogP) is 0.981. The Balaban J connectivity index is 2.92. The van der Waals surface area contributed by atoms with Gasteiger partial charge in [0.25, 0.3) is 0 Å². The number of anilines is 1. The van der Waals surface area contributed by atoms with Gasteiger partial charge in [0, 0.05) is 11.8 Å². The van der Waals surface area contributed by atoms with Crippen LogP contribution >= 0.6 is 0 Å². The van der Waals surface area contributed by atoms with Gasteiger partial charge >= 0.3 is 23.1 Å². The number of aryl methyl sites for hydroxylation is 1. The van der Waals surface area contributed by atoms with E-state index in [9.17, 15) is 22.0 Å². The average Bonchev–Trinajstić information content (AvgIpc) is 2.12. The summed E-state index contributed by atoms with van der Waals surface area (Å²) in [5.74, 6) is -0.860. The van der Waals surface area contributed by atoms with Gasteiger partial charge in [0.1, 0.15) is 0 Å². The minimum Gasteiger partial charge on any atom is -0.417 e. The molecule has 0 radical (unpaired) electrons. The van der Waals surface area contributed by atoms with E-state index in [2.05, 4.69) is 19.1 Å². The van der Waals surface area contributed by atoms with Crippen LogP contribution in [0.1, 0.15) is 5.69 Å². The standard InChI is InChI=1S/C7H6F2N4O4S/c1-3-2-4(17-5(8)9)11-6(10-3)12-7(14)13-18(15)16/h2,5H,1H3,(H,10,11,12,14). The van der Waals surface area contributed by atoms with E-state index in [0.29, 0.717) is 0 Å².